The Morgan fingerprint density at radius 2 is 2.00 bits per heavy atom. The number of carbonyl (C=O) groups excluding carboxylic acids is 1. The number of amides is 1. The van der Waals surface area contributed by atoms with Gasteiger partial charge in [0.1, 0.15) is 0 Å². The minimum atomic E-state index is 0. The summed E-state index contributed by atoms with van der Waals surface area (Å²) in [7, 11) is 0. The first kappa shape index (κ1) is 18.0. The maximum absolute atomic E-state index is 12.2. The van der Waals surface area contributed by atoms with Gasteiger partial charge in [-0.05, 0) is 37.3 Å². The van der Waals surface area contributed by atoms with Crippen LogP contribution < -0.4 is 11.1 Å². The predicted octanol–water partition coefficient (Wildman–Crippen LogP) is 3.33. The van der Waals surface area contributed by atoms with E-state index in [1.165, 1.54) is 24.8 Å². The third-order valence-corrected chi connectivity index (χ3v) is 4.45. The Morgan fingerprint density at radius 1 is 1.29 bits per heavy atom. The highest BCUT2D eigenvalue weighted by Gasteiger charge is 2.32. The molecule has 1 aromatic rings. The van der Waals surface area contributed by atoms with E-state index in [1.54, 1.807) is 0 Å². The summed E-state index contributed by atoms with van der Waals surface area (Å²) in [5.74, 6) is 0.138. The molecule has 0 aromatic heterocycles. The fourth-order valence-corrected chi connectivity index (χ4v) is 3.18. The van der Waals surface area contributed by atoms with Crippen molar-refractivity contribution >= 4 is 18.3 Å². The average Bonchev–Trinajstić information content (AvgIpc) is 2.46. The molecule has 4 heteroatoms. The highest BCUT2D eigenvalue weighted by atomic mass is 35.5. The number of nitrogens with one attached hydrogen (secondary N) is 1. The third-order valence-electron chi connectivity index (χ3n) is 4.45. The summed E-state index contributed by atoms with van der Waals surface area (Å²) in [6.45, 7) is 3.31. The van der Waals surface area contributed by atoms with Crippen molar-refractivity contribution in [1.29, 1.82) is 0 Å². The van der Waals surface area contributed by atoms with Gasteiger partial charge in [0.15, 0.2) is 0 Å². The van der Waals surface area contributed by atoms with Crippen molar-refractivity contribution in [3.8, 4) is 0 Å². The second-order valence-corrected chi connectivity index (χ2v) is 6.21. The number of hydrogen-bond donors (Lipinski definition) is 2. The summed E-state index contributed by atoms with van der Waals surface area (Å²) < 4.78 is 0. The molecule has 0 radical (unpaired) electrons. The molecule has 0 heterocycles. The number of rotatable bonds is 5. The monoisotopic (exact) mass is 310 g/mol. The minimum Gasteiger partial charge on any atom is -0.352 e. The average molecular weight is 311 g/mol. The lowest BCUT2D eigenvalue weighted by Crippen LogP contribution is -2.38. The van der Waals surface area contributed by atoms with Gasteiger partial charge in [-0.2, -0.15) is 0 Å². The summed E-state index contributed by atoms with van der Waals surface area (Å²) in [6.07, 6.45) is 6.48. The molecular weight excluding hydrogens is 284 g/mol. The van der Waals surface area contributed by atoms with Crippen LogP contribution in [0.3, 0.4) is 0 Å². The molecule has 0 spiro atoms. The van der Waals surface area contributed by atoms with Crippen LogP contribution in [0, 0.1) is 12.3 Å². The largest absolute Gasteiger partial charge is 0.352 e. The number of hydrogen-bond acceptors (Lipinski definition) is 2. The van der Waals surface area contributed by atoms with Gasteiger partial charge in [-0.1, -0.05) is 49.1 Å². The lowest BCUT2D eigenvalue weighted by molar-refractivity contribution is -0.124. The van der Waals surface area contributed by atoms with Crippen LogP contribution >= 0.6 is 12.4 Å². The van der Waals surface area contributed by atoms with Gasteiger partial charge in [-0.15, -0.1) is 12.4 Å². The lowest BCUT2D eigenvalue weighted by Gasteiger charge is -2.35. The second-order valence-electron chi connectivity index (χ2n) is 6.21. The number of carbonyl (C=O) groups is 1. The molecule has 1 saturated carbocycles. The number of halogens is 1. The van der Waals surface area contributed by atoms with Crippen LogP contribution in [-0.2, 0) is 11.3 Å². The first-order valence-electron chi connectivity index (χ1n) is 7.66. The van der Waals surface area contributed by atoms with E-state index < -0.39 is 0 Å². The Labute approximate surface area is 134 Å². The van der Waals surface area contributed by atoms with Crippen molar-refractivity contribution in [1.82, 2.24) is 5.32 Å². The first-order valence-corrected chi connectivity index (χ1v) is 7.66. The molecule has 1 aromatic carbocycles. The molecule has 3 N–H and O–H groups in total. The van der Waals surface area contributed by atoms with E-state index in [1.807, 2.05) is 12.1 Å². The third kappa shape index (κ3) is 5.33. The molecule has 2 rings (SSSR count). The summed E-state index contributed by atoms with van der Waals surface area (Å²) in [6, 6.07) is 8.25. The zero-order chi connectivity index (χ0) is 14.4. The van der Waals surface area contributed by atoms with Gasteiger partial charge in [-0.25, -0.2) is 0 Å². The van der Waals surface area contributed by atoms with Crippen LogP contribution in [-0.4, -0.2) is 12.5 Å². The maximum atomic E-state index is 12.2. The predicted molar refractivity (Wildman–Crippen MR) is 89.5 cm³/mol. The Hall–Kier alpha value is -1.06. The molecule has 0 unspecified atom stereocenters. The van der Waals surface area contributed by atoms with Gasteiger partial charge in [-0.3, -0.25) is 4.79 Å². The molecule has 0 saturated heterocycles. The Bertz CT molecular complexity index is 456. The van der Waals surface area contributed by atoms with E-state index in [9.17, 15) is 4.79 Å². The second kappa shape index (κ2) is 8.40. The molecule has 1 aliphatic carbocycles. The van der Waals surface area contributed by atoms with Crippen molar-refractivity contribution in [3.05, 3.63) is 35.4 Å². The number of benzene rings is 1. The van der Waals surface area contributed by atoms with E-state index in [2.05, 4.69) is 24.4 Å². The molecule has 3 nitrogen and oxygen atoms in total. The van der Waals surface area contributed by atoms with Crippen LogP contribution in [0.5, 0.6) is 0 Å². The van der Waals surface area contributed by atoms with E-state index in [4.69, 9.17) is 5.73 Å². The highest BCUT2D eigenvalue weighted by Crippen LogP contribution is 2.38. The quantitative estimate of drug-likeness (QED) is 0.876. The minimum absolute atomic E-state index is 0. The Kier molecular flexibility index (Phi) is 7.20. The molecule has 1 amide bonds. The van der Waals surface area contributed by atoms with Crippen molar-refractivity contribution in [2.45, 2.75) is 52.0 Å². The van der Waals surface area contributed by atoms with Crippen LogP contribution in [0.4, 0.5) is 0 Å². The Balaban J connectivity index is 0.00000220. The van der Waals surface area contributed by atoms with Crippen LogP contribution in [0.1, 0.15) is 49.7 Å². The van der Waals surface area contributed by atoms with Crippen LogP contribution in [0.15, 0.2) is 24.3 Å². The highest BCUT2D eigenvalue weighted by molar-refractivity contribution is 5.85. The lowest BCUT2D eigenvalue weighted by atomic mass is 9.71. The van der Waals surface area contributed by atoms with Gasteiger partial charge >= 0.3 is 0 Å². The summed E-state index contributed by atoms with van der Waals surface area (Å²) in [4.78, 5) is 12.2. The number of nitrogens with two attached hydrogens (primary N) is 1. The van der Waals surface area contributed by atoms with Gasteiger partial charge in [0.2, 0.25) is 5.91 Å². The summed E-state index contributed by atoms with van der Waals surface area (Å²) in [5, 5.41) is 3.04. The normalized spacial score (nSPS) is 16.9. The van der Waals surface area contributed by atoms with E-state index in [-0.39, 0.29) is 23.7 Å². The van der Waals surface area contributed by atoms with Gasteiger partial charge < -0.3 is 11.1 Å². The zero-order valence-electron chi connectivity index (χ0n) is 12.9. The SMILES string of the molecule is Cc1cccc(CNC(=O)CC2(CN)CCCCC2)c1.Cl. The molecule has 1 aliphatic rings. The zero-order valence-corrected chi connectivity index (χ0v) is 13.7. The fourth-order valence-electron chi connectivity index (χ4n) is 3.18. The summed E-state index contributed by atoms with van der Waals surface area (Å²) in [5.41, 5.74) is 8.36. The molecule has 21 heavy (non-hydrogen) atoms. The first-order chi connectivity index (χ1) is 9.63. The molecule has 118 valence electrons. The van der Waals surface area contributed by atoms with Crippen molar-refractivity contribution in [2.75, 3.05) is 6.54 Å². The van der Waals surface area contributed by atoms with Crippen LogP contribution in [0.2, 0.25) is 0 Å². The van der Waals surface area contributed by atoms with E-state index >= 15 is 0 Å². The molecule has 0 bridgehead atoms. The maximum Gasteiger partial charge on any atom is 0.220 e. The smallest absolute Gasteiger partial charge is 0.220 e. The van der Waals surface area contributed by atoms with E-state index in [0.717, 1.165) is 18.4 Å². The standard InChI is InChI=1S/C17H26N2O.ClH/c1-14-6-5-7-15(10-14)12-19-16(20)11-17(13-18)8-3-2-4-9-17;/h5-7,10H,2-4,8-9,11-13,18H2,1H3,(H,19,20);1H. The number of aryl methyl sites for hydroxylation is 1. The molecule has 1 fully saturated rings. The molecule has 0 aliphatic heterocycles. The fraction of sp³-hybridized carbons (Fsp3) is 0.588. The van der Waals surface area contributed by atoms with Crippen molar-refractivity contribution in [3.63, 3.8) is 0 Å². The van der Waals surface area contributed by atoms with Gasteiger partial charge in [0.25, 0.3) is 0 Å². The van der Waals surface area contributed by atoms with Crippen molar-refractivity contribution in [2.24, 2.45) is 11.1 Å². The summed E-state index contributed by atoms with van der Waals surface area (Å²) >= 11 is 0. The van der Waals surface area contributed by atoms with Gasteiger partial charge in [0.05, 0.1) is 0 Å². The van der Waals surface area contributed by atoms with E-state index in [0.29, 0.717) is 19.5 Å². The van der Waals surface area contributed by atoms with Gasteiger partial charge in [0, 0.05) is 13.0 Å². The molecular formula is C17H27ClN2O. The Morgan fingerprint density at radius 3 is 2.62 bits per heavy atom. The topological polar surface area (TPSA) is 55.1 Å². The van der Waals surface area contributed by atoms with Crippen LogP contribution in [0.25, 0.3) is 0 Å². The molecule has 0 atom stereocenters. The van der Waals surface area contributed by atoms with Crippen molar-refractivity contribution < 1.29 is 4.79 Å².